The number of nitrogens with one attached hydrogen (secondary N) is 2. The highest BCUT2D eigenvalue weighted by molar-refractivity contribution is 6.32. The van der Waals surface area contributed by atoms with Crippen LogP contribution in [-0.4, -0.2) is 45.4 Å². The topological polar surface area (TPSA) is 81.7 Å². The third-order valence-electron chi connectivity index (χ3n) is 3.56. The fraction of sp³-hybridized carbons (Fsp3) is 0.333. The van der Waals surface area contributed by atoms with Crippen LogP contribution in [-0.2, 0) is 4.74 Å². The van der Waals surface area contributed by atoms with Crippen LogP contribution in [0.3, 0.4) is 0 Å². The van der Waals surface area contributed by atoms with Crippen molar-refractivity contribution in [3.8, 4) is 11.5 Å². The molecule has 0 radical (unpaired) electrons. The molecule has 0 unspecified atom stereocenters. The Bertz CT molecular complexity index is 755. The maximum atomic E-state index is 12.2. The molecule has 2 N–H and O–H groups in total. The summed E-state index contributed by atoms with van der Waals surface area (Å²) in [5, 5.41) is 6.44. The molecule has 0 saturated carbocycles. The van der Waals surface area contributed by atoms with E-state index in [2.05, 4.69) is 15.6 Å². The van der Waals surface area contributed by atoms with Gasteiger partial charge in [0.1, 0.15) is 11.5 Å². The summed E-state index contributed by atoms with van der Waals surface area (Å²) >= 11 is 6.11. The number of carbonyl (C=O) groups is 1. The van der Waals surface area contributed by atoms with Crippen LogP contribution >= 0.6 is 11.6 Å². The number of halogens is 1. The van der Waals surface area contributed by atoms with E-state index < -0.39 is 0 Å². The van der Waals surface area contributed by atoms with Crippen LogP contribution < -0.4 is 20.1 Å². The first kappa shape index (κ1) is 19.8. The fourth-order valence-corrected chi connectivity index (χ4v) is 2.50. The molecule has 1 aromatic carbocycles. The number of methoxy groups -OCH3 is 3. The maximum absolute atomic E-state index is 12.2. The summed E-state index contributed by atoms with van der Waals surface area (Å²) in [6, 6.07) is 5.08. The number of carbonyl (C=O) groups excluding carboxylic acids is 1. The summed E-state index contributed by atoms with van der Waals surface area (Å²) in [4.78, 5) is 16.3. The molecule has 0 atom stereocenters. The summed E-state index contributed by atoms with van der Waals surface area (Å²) in [5.41, 5.74) is 1.73. The van der Waals surface area contributed by atoms with Gasteiger partial charge in [0.25, 0.3) is 5.91 Å². The first-order chi connectivity index (χ1) is 12.6. The second kappa shape index (κ2) is 9.84. The Hall–Kier alpha value is -2.51. The Morgan fingerprint density at radius 3 is 2.58 bits per heavy atom. The van der Waals surface area contributed by atoms with Crippen molar-refractivity contribution in [3.05, 3.63) is 41.2 Å². The second-order valence-corrected chi connectivity index (χ2v) is 5.78. The lowest BCUT2D eigenvalue weighted by Crippen LogP contribution is -2.25. The molecule has 0 spiro atoms. The third kappa shape index (κ3) is 5.24. The average Bonchev–Trinajstić information content (AvgIpc) is 2.66. The number of ether oxygens (including phenoxy) is 3. The number of nitrogens with zero attached hydrogens (tertiary/aromatic N) is 1. The third-order valence-corrected chi connectivity index (χ3v) is 3.86. The van der Waals surface area contributed by atoms with E-state index >= 15 is 0 Å². The molecule has 0 aliphatic rings. The Labute approximate surface area is 157 Å². The molecule has 2 aromatic rings. The minimum absolute atomic E-state index is 0.196. The van der Waals surface area contributed by atoms with Crippen LogP contribution in [0.4, 0.5) is 11.4 Å². The van der Waals surface area contributed by atoms with E-state index in [-0.39, 0.29) is 5.91 Å². The summed E-state index contributed by atoms with van der Waals surface area (Å²) in [6.07, 6.45) is 3.87. The molecular formula is C18H22ClN3O4. The quantitative estimate of drug-likeness (QED) is 0.651. The van der Waals surface area contributed by atoms with Gasteiger partial charge >= 0.3 is 0 Å². The van der Waals surface area contributed by atoms with Crippen LogP contribution in [0.15, 0.2) is 30.6 Å². The van der Waals surface area contributed by atoms with Crippen molar-refractivity contribution in [2.75, 3.05) is 39.8 Å². The maximum Gasteiger partial charge on any atom is 0.252 e. The first-order valence-electron chi connectivity index (χ1n) is 7.99. The summed E-state index contributed by atoms with van der Waals surface area (Å²) < 4.78 is 15.5. The molecule has 0 fully saturated rings. The second-order valence-electron chi connectivity index (χ2n) is 5.38. The van der Waals surface area contributed by atoms with Gasteiger partial charge in [-0.1, -0.05) is 11.6 Å². The molecule has 0 saturated heterocycles. The molecule has 1 amide bonds. The zero-order chi connectivity index (χ0) is 18.9. The number of benzene rings is 1. The number of aromatic nitrogens is 1. The van der Waals surface area contributed by atoms with E-state index in [1.807, 2.05) is 0 Å². The lowest BCUT2D eigenvalue weighted by atomic mass is 10.2. The standard InChI is InChI=1S/C18H22ClN3O4/c1-24-6-4-5-21-18(23)12-7-13(11-20-10-12)22-15-9-16(25-2)14(19)8-17(15)26-3/h7-11,22H,4-6H2,1-3H3,(H,21,23). The van der Waals surface area contributed by atoms with Gasteiger partial charge < -0.3 is 24.8 Å². The van der Waals surface area contributed by atoms with Gasteiger partial charge in [0, 0.05) is 38.6 Å². The van der Waals surface area contributed by atoms with E-state index in [1.165, 1.54) is 13.3 Å². The van der Waals surface area contributed by atoms with Crippen molar-refractivity contribution in [2.24, 2.45) is 0 Å². The summed E-state index contributed by atoms with van der Waals surface area (Å²) in [6.45, 7) is 1.13. The molecular weight excluding hydrogens is 358 g/mol. The van der Waals surface area contributed by atoms with Crippen molar-refractivity contribution in [1.82, 2.24) is 10.3 Å². The zero-order valence-electron chi connectivity index (χ0n) is 15.0. The minimum atomic E-state index is -0.196. The van der Waals surface area contributed by atoms with Crippen LogP contribution in [0.5, 0.6) is 11.5 Å². The number of pyridine rings is 1. The van der Waals surface area contributed by atoms with Crippen molar-refractivity contribution >= 4 is 28.9 Å². The smallest absolute Gasteiger partial charge is 0.252 e. The monoisotopic (exact) mass is 379 g/mol. The van der Waals surface area contributed by atoms with E-state index in [0.29, 0.717) is 46.6 Å². The van der Waals surface area contributed by atoms with Crippen molar-refractivity contribution in [2.45, 2.75) is 6.42 Å². The Kier molecular flexibility index (Phi) is 7.50. The molecule has 1 heterocycles. The van der Waals surface area contributed by atoms with Crippen molar-refractivity contribution in [3.63, 3.8) is 0 Å². The van der Waals surface area contributed by atoms with Crippen LogP contribution in [0, 0.1) is 0 Å². The predicted molar refractivity (Wildman–Crippen MR) is 101 cm³/mol. The van der Waals surface area contributed by atoms with Crippen LogP contribution in [0.1, 0.15) is 16.8 Å². The van der Waals surface area contributed by atoms with Crippen LogP contribution in [0.25, 0.3) is 0 Å². The molecule has 0 aliphatic heterocycles. The Balaban J connectivity index is 2.14. The van der Waals surface area contributed by atoms with Gasteiger partial charge in [0.2, 0.25) is 0 Å². The predicted octanol–water partition coefficient (Wildman–Crippen LogP) is 3.26. The summed E-state index contributed by atoms with van der Waals surface area (Å²) in [5.74, 6) is 0.859. The highest BCUT2D eigenvalue weighted by Gasteiger charge is 2.12. The van der Waals surface area contributed by atoms with Gasteiger partial charge in [-0.3, -0.25) is 9.78 Å². The molecule has 2 rings (SSSR count). The molecule has 140 valence electrons. The largest absolute Gasteiger partial charge is 0.495 e. The van der Waals surface area contributed by atoms with E-state index in [9.17, 15) is 4.79 Å². The van der Waals surface area contributed by atoms with Gasteiger partial charge in [0.15, 0.2) is 0 Å². The number of hydrogen-bond donors (Lipinski definition) is 2. The minimum Gasteiger partial charge on any atom is -0.495 e. The molecule has 26 heavy (non-hydrogen) atoms. The SMILES string of the molecule is COCCCNC(=O)c1cncc(Nc2cc(OC)c(Cl)cc2OC)c1. The zero-order valence-corrected chi connectivity index (χ0v) is 15.7. The number of hydrogen-bond acceptors (Lipinski definition) is 6. The van der Waals surface area contributed by atoms with Gasteiger partial charge in [-0.15, -0.1) is 0 Å². The molecule has 1 aromatic heterocycles. The van der Waals surface area contributed by atoms with Gasteiger partial charge in [0.05, 0.1) is 42.4 Å². The highest BCUT2D eigenvalue weighted by atomic mass is 35.5. The van der Waals surface area contributed by atoms with Crippen molar-refractivity contribution < 1.29 is 19.0 Å². The highest BCUT2D eigenvalue weighted by Crippen LogP contribution is 2.37. The van der Waals surface area contributed by atoms with Gasteiger partial charge in [-0.2, -0.15) is 0 Å². The van der Waals surface area contributed by atoms with Gasteiger partial charge in [-0.05, 0) is 12.5 Å². The van der Waals surface area contributed by atoms with E-state index in [1.54, 1.807) is 38.6 Å². The fourth-order valence-electron chi connectivity index (χ4n) is 2.27. The molecule has 8 heteroatoms. The van der Waals surface area contributed by atoms with E-state index in [0.717, 1.165) is 6.42 Å². The van der Waals surface area contributed by atoms with Gasteiger partial charge in [-0.25, -0.2) is 0 Å². The molecule has 0 aliphatic carbocycles. The van der Waals surface area contributed by atoms with Crippen LogP contribution in [0.2, 0.25) is 5.02 Å². The molecule has 0 bridgehead atoms. The van der Waals surface area contributed by atoms with E-state index in [4.69, 9.17) is 25.8 Å². The first-order valence-corrected chi connectivity index (χ1v) is 8.37. The lowest BCUT2D eigenvalue weighted by Gasteiger charge is -2.14. The normalized spacial score (nSPS) is 10.3. The Morgan fingerprint density at radius 2 is 1.88 bits per heavy atom. The number of rotatable bonds is 9. The number of anilines is 2. The van der Waals surface area contributed by atoms with Crippen molar-refractivity contribution in [1.29, 1.82) is 0 Å². The number of amides is 1. The summed E-state index contributed by atoms with van der Waals surface area (Å²) in [7, 11) is 4.71. The average molecular weight is 380 g/mol. The Morgan fingerprint density at radius 1 is 1.12 bits per heavy atom. The molecule has 7 nitrogen and oxygen atoms in total. The lowest BCUT2D eigenvalue weighted by molar-refractivity contribution is 0.0948.